The Balaban J connectivity index is 2.25. The monoisotopic (exact) mass is 359 g/mol. The molecule has 5 heteroatoms. The molecule has 0 saturated carbocycles. The Morgan fingerprint density at radius 2 is 0.962 bits per heavy atom. The summed E-state index contributed by atoms with van der Waals surface area (Å²) >= 11 is 0. The lowest BCUT2D eigenvalue weighted by Crippen LogP contribution is -2.26. The van der Waals surface area contributed by atoms with Gasteiger partial charge in [-0.3, -0.25) is 4.90 Å². The van der Waals surface area contributed by atoms with Gasteiger partial charge in [-0.1, -0.05) is 12.1 Å². The van der Waals surface area contributed by atoms with Gasteiger partial charge in [0.2, 0.25) is 0 Å². The Morgan fingerprint density at radius 3 is 1.27 bits per heavy atom. The predicted molar refractivity (Wildman–Crippen MR) is 104 cm³/mol. The molecule has 2 atom stereocenters. The van der Waals surface area contributed by atoms with Crippen LogP contribution >= 0.6 is 0 Å². The van der Waals surface area contributed by atoms with Gasteiger partial charge in [0.1, 0.15) is 0 Å². The van der Waals surface area contributed by atoms with Crippen molar-refractivity contribution in [1.82, 2.24) is 4.90 Å². The summed E-state index contributed by atoms with van der Waals surface area (Å²) < 4.78 is 21.5. The summed E-state index contributed by atoms with van der Waals surface area (Å²) in [6, 6.07) is 12.5. The van der Waals surface area contributed by atoms with Crippen LogP contribution in [0.4, 0.5) is 0 Å². The second-order valence-electron chi connectivity index (χ2n) is 6.25. The Labute approximate surface area is 156 Å². The van der Waals surface area contributed by atoms with Crippen molar-refractivity contribution < 1.29 is 18.9 Å². The van der Waals surface area contributed by atoms with Crippen LogP contribution in [-0.2, 0) is 0 Å². The van der Waals surface area contributed by atoms with E-state index in [1.54, 1.807) is 28.4 Å². The molecule has 0 amide bonds. The van der Waals surface area contributed by atoms with Crippen LogP contribution in [0.3, 0.4) is 0 Å². The molecule has 0 aliphatic rings. The van der Waals surface area contributed by atoms with Crippen molar-refractivity contribution in [3.05, 3.63) is 47.5 Å². The van der Waals surface area contributed by atoms with E-state index < -0.39 is 0 Å². The molecule has 0 bridgehead atoms. The molecule has 0 aliphatic carbocycles. The topological polar surface area (TPSA) is 40.2 Å². The summed E-state index contributed by atoms with van der Waals surface area (Å²) in [5, 5.41) is 0. The second kappa shape index (κ2) is 8.81. The maximum Gasteiger partial charge on any atom is 0.161 e. The van der Waals surface area contributed by atoms with Crippen LogP contribution < -0.4 is 18.9 Å². The Hall–Kier alpha value is -2.40. The van der Waals surface area contributed by atoms with Gasteiger partial charge in [0.15, 0.2) is 23.0 Å². The average molecular weight is 359 g/mol. The fourth-order valence-electron chi connectivity index (χ4n) is 3.03. The zero-order chi connectivity index (χ0) is 19.3. The van der Waals surface area contributed by atoms with E-state index >= 15 is 0 Å². The normalized spacial score (nSPS) is 13.2. The van der Waals surface area contributed by atoms with Crippen molar-refractivity contribution in [2.75, 3.05) is 35.5 Å². The summed E-state index contributed by atoms with van der Waals surface area (Å²) in [6.07, 6.45) is 0. The van der Waals surface area contributed by atoms with Gasteiger partial charge in [0.05, 0.1) is 28.4 Å². The smallest absolute Gasteiger partial charge is 0.161 e. The van der Waals surface area contributed by atoms with Gasteiger partial charge >= 0.3 is 0 Å². The third-order valence-corrected chi connectivity index (χ3v) is 5.00. The van der Waals surface area contributed by atoms with Gasteiger partial charge in [-0.05, 0) is 56.3 Å². The molecule has 0 spiro atoms. The Morgan fingerprint density at radius 1 is 0.615 bits per heavy atom. The molecule has 2 aromatic rings. The van der Waals surface area contributed by atoms with Gasteiger partial charge in [0, 0.05) is 12.1 Å². The van der Waals surface area contributed by atoms with Crippen molar-refractivity contribution in [3.8, 4) is 23.0 Å². The van der Waals surface area contributed by atoms with E-state index in [1.807, 2.05) is 24.3 Å². The predicted octanol–water partition coefficient (Wildman–Crippen LogP) is 4.48. The lowest BCUT2D eigenvalue weighted by molar-refractivity contribution is 0.198. The SMILES string of the molecule is COc1ccc(C(C)N(C)C(C)c2ccc(OC)c(OC)c2)cc1OC. The van der Waals surface area contributed by atoms with Crippen molar-refractivity contribution in [2.24, 2.45) is 0 Å². The van der Waals surface area contributed by atoms with Crippen LogP contribution in [0.2, 0.25) is 0 Å². The lowest BCUT2D eigenvalue weighted by Gasteiger charge is -2.32. The summed E-state index contributed by atoms with van der Waals surface area (Å²) in [4.78, 5) is 2.31. The maximum absolute atomic E-state index is 5.43. The van der Waals surface area contributed by atoms with Crippen molar-refractivity contribution >= 4 is 0 Å². The Kier molecular flexibility index (Phi) is 6.75. The molecule has 0 N–H and O–H groups in total. The standard InChI is InChI=1S/C21H29NO4/c1-14(16-8-10-18(23-4)20(12-16)25-6)22(3)15(2)17-9-11-19(24-5)21(13-17)26-7/h8-15H,1-7H3. The molecule has 2 aromatic carbocycles. The van der Waals surface area contributed by atoms with Crippen LogP contribution in [0.5, 0.6) is 23.0 Å². The molecule has 2 unspecified atom stereocenters. The van der Waals surface area contributed by atoms with Crippen LogP contribution in [0.1, 0.15) is 37.1 Å². The molecule has 0 saturated heterocycles. The van der Waals surface area contributed by atoms with Crippen LogP contribution in [0, 0.1) is 0 Å². The molecule has 0 aliphatic heterocycles. The highest BCUT2D eigenvalue weighted by Gasteiger charge is 2.21. The largest absolute Gasteiger partial charge is 0.493 e. The van der Waals surface area contributed by atoms with E-state index in [-0.39, 0.29) is 12.1 Å². The van der Waals surface area contributed by atoms with Gasteiger partial charge in [0.25, 0.3) is 0 Å². The van der Waals surface area contributed by atoms with E-state index in [9.17, 15) is 0 Å². The third-order valence-electron chi connectivity index (χ3n) is 5.00. The molecular formula is C21H29NO4. The zero-order valence-corrected chi connectivity index (χ0v) is 16.7. The minimum absolute atomic E-state index is 0.193. The second-order valence-corrected chi connectivity index (χ2v) is 6.25. The van der Waals surface area contributed by atoms with E-state index in [2.05, 4.69) is 37.9 Å². The number of methoxy groups -OCH3 is 4. The number of rotatable bonds is 8. The minimum atomic E-state index is 0.193. The highest BCUT2D eigenvalue weighted by Crippen LogP contribution is 2.36. The number of hydrogen-bond donors (Lipinski definition) is 0. The van der Waals surface area contributed by atoms with Gasteiger partial charge in [-0.25, -0.2) is 0 Å². The first-order chi connectivity index (χ1) is 12.5. The first-order valence-electron chi connectivity index (χ1n) is 8.62. The molecule has 5 nitrogen and oxygen atoms in total. The molecule has 2 rings (SSSR count). The molecule has 0 radical (unpaired) electrons. The van der Waals surface area contributed by atoms with Gasteiger partial charge in [-0.2, -0.15) is 0 Å². The first kappa shape index (κ1) is 19.9. The summed E-state index contributed by atoms with van der Waals surface area (Å²) in [5.41, 5.74) is 2.33. The summed E-state index contributed by atoms with van der Waals surface area (Å²) in [7, 11) is 8.71. The van der Waals surface area contributed by atoms with Crippen molar-refractivity contribution in [2.45, 2.75) is 25.9 Å². The summed E-state index contributed by atoms with van der Waals surface area (Å²) in [6.45, 7) is 4.36. The summed E-state index contributed by atoms with van der Waals surface area (Å²) in [5.74, 6) is 2.95. The van der Waals surface area contributed by atoms with Crippen molar-refractivity contribution in [1.29, 1.82) is 0 Å². The molecule has 0 aromatic heterocycles. The number of hydrogen-bond acceptors (Lipinski definition) is 5. The third kappa shape index (κ3) is 4.05. The minimum Gasteiger partial charge on any atom is -0.493 e. The lowest BCUT2D eigenvalue weighted by atomic mass is 10.0. The average Bonchev–Trinajstić information content (AvgIpc) is 2.70. The highest BCUT2D eigenvalue weighted by molar-refractivity contribution is 5.45. The number of benzene rings is 2. The van der Waals surface area contributed by atoms with Gasteiger partial charge < -0.3 is 18.9 Å². The van der Waals surface area contributed by atoms with E-state index in [0.29, 0.717) is 0 Å². The molecule has 0 heterocycles. The fraction of sp³-hybridized carbons (Fsp3) is 0.429. The quantitative estimate of drug-likeness (QED) is 0.695. The molecule has 0 fully saturated rings. The van der Waals surface area contributed by atoms with Crippen LogP contribution in [-0.4, -0.2) is 40.4 Å². The molecule has 26 heavy (non-hydrogen) atoms. The fourth-order valence-corrected chi connectivity index (χ4v) is 3.03. The van der Waals surface area contributed by atoms with Crippen molar-refractivity contribution in [3.63, 3.8) is 0 Å². The van der Waals surface area contributed by atoms with E-state index in [0.717, 1.165) is 34.1 Å². The first-order valence-corrected chi connectivity index (χ1v) is 8.62. The maximum atomic E-state index is 5.43. The van der Waals surface area contributed by atoms with E-state index in [4.69, 9.17) is 18.9 Å². The molecule has 142 valence electrons. The van der Waals surface area contributed by atoms with Crippen LogP contribution in [0.15, 0.2) is 36.4 Å². The number of ether oxygens (including phenoxy) is 4. The van der Waals surface area contributed by atoms with Gasteiger partial charge in [-0.15, -0.1) is 0 Å². The van der Waals surface area contributed by atoms with Crippen LogP contribution in [0.25, 0.3) is 0 Å². The number of nitrogens with zero attached hydrogens (tertiary/aromatic N) is 1. The highest BCUT2D eigenvalue weighted by atomic mass is 16.5. The zero-order valence-electron chi connectivity index (χ0n) is 16.7. The van der Waals surface area contributed by atoms with E-state index in [1.165, 1.54) is 0 Å². The molecular weight excluding hydrogens is 330 g/mol. The Bertz CT molecular complexity index is 670.